The maximum atomic E-state index is 13.6. The number of rotatable bonds is 6. The number of carbonyl (C=O) groups excluding carboxylic acids is 2. The summed E-state index contributed by atoms with van der Waals surface area (Å²) in [6.07, 6.45) is -2.11. The van der Waals surface area contributed by atoms with Gasteiger partial charge in [-0.1, -0.05) is 23.7 Å². The van der Waals surface area contributed by atoms with Gasteiger partial charge in [0.25, 0.3) is 5.91 Å². The van der Waals surface area contributed by atoms with E-state index >= 15 is 0 Å². The van der Waals surface area contributed by atoms with Gasteiger partial charge in [-0.3, -0.25) is 19.5 Å². The first kappa shape index (κ1) is 34.2. The minimum absolute atomic E-state index is 0.0108. The Labute approximate surface area is 258 Å². The molecule has 0 atom stereocenters. The van der Waals surface area contributed by atoms with E-state index in [4.69, 9.17) is 22.3 Å². The Morgan fingerprint density at radius 3 is 2.27 bits per heavy atom. The van der Waals surface area contributed by atoms with Crippen LogP contribution in [0.25, 0.3) is 5.57 Å². The number of piperazine rings is 1. The molecule has 0 spiro atoms. The Hall–Kier alpha value is -4.33. The zero-order valence-corrected chi connectivity index (χ0v) is 25.4. The summed E-state index contributed by atoms with van der Waals surface area (Å²) in [5.41, 5.74) is 12.8. The lowest BCUT2D eigenvalue weighted by molar-refractivity contribution is -0.169. The van der Waals surface area contributed by atoms with Gasteiger partial charge in [-0.05, 0) is 64.1 Å². The zero-order valence-electron chi connectivity index (χ0n) is 24.6. The van der Waals surface area contributed by atoms with Crippen LogP contribution in [0.15, 0.2) is 75.3 Å². The number of nitrogens with zero attached hydrogens (tertiary/aromatic N) is 6. The second-order valence-corrected chi connectivity index (χ2v) is 10.0. The van der Waals surface area contributed by atoms with Crippen molar-refractivity contribution >= 4 is 58.8 Å². The molecule has 2 amide bonds. The van der Waals surface area contributed by atoms with Gasteiger partial charge in [0.15, 0.2) is 0 Å². The van der Waals surface area contributed by atoms with Gasteiger partial charge in [0.1, 0.15) is 11.7 Å². The number of anilines is 1. The van der Waals surface area contributed by atoms with Crippen molar-refractivity contribution < 1.29 is 22.8 Å². The highest BCUT2D eigenvalue weighted by molar-refractivity contribution is 6.38. The van der Waals surface area contributed by atoms with Gasteiger partial charge in [-0.15, -0.1) is 0 Å². The van der Waals surface area contributed by atoms with Crippen LogP contribution in [0, 0.1) is 0 Å². The van der Waals surface area contributed by atoms with E-state index in [9.17, 15) is 22.8 Å². The monoisotopic (exact) mass is 630 g/mol. The number of benzene rings is 2. The summed E-state index contributed by atoms with van der Waals surface area (Å²) in [6.45, 7) is 9.45. The average molecular weight is 631 g/mol. The van der Waals surface area contributed by atoms with Gasteiger partial charge in [-0.2, -0.15) is 18.2 Å². The fourth-order valence-electron chi connectivity index (χ4n) is 4.54. The molecule has 2 aromatic rings. The smallest absolute Gasteiger partial charge is 0.383 e. The predicted molar refractivity (Wildman–Crippen MR) is 170 cm³/mol. The molecule has 2 aliphatic heterocycles. The number of nitrogens with two attached hydrogens (primary N) is 2. The lowest BCUT2D eigenvalue weighted by atomic mass is 9.96. The van der Waals surface area contributed by atoms with Gasteiger partial charge < -0.3 is 21.3 Å². The Morgan fingerprint density at radius 2 is 1.73 bits per heavy atom. The van der Waals surface area contributed by atoms with Crippen molar-refractivity contribution in [1.29, 1.82) is 0 Å². The summed E-state index contributed by atoms with van der Waals surface area (Å²) in [5, 5.41) is 0.0200. The van der Waals surface area contributed by atoms with Crippen LogP contribution in [0.1, 0.15) is 18.1 Å². The van der Waals surface area contributed by atoms with E-state index < -0.39 is 23.8 Å². The molecule has 44 heavy (non-hydrogen) atoms. The van der Waals surface area contributed by atoms with Crippen LogP contribution in [0.2, 0.25) is 5.02 Å². The summed E-state index contributed by atoms with van der Waals surface area (Å²) in [7, 11) is 3.60. The van der Waals surface area contributed by atoms with E-state index in [1.807, 2.05) is 24.3 Å². The van der Waals surface area contributed by atoms with Crippen LogP contribution in [-0.4, -0.2) is 93.0 Å². The highest BCUT2D eigenvalue weighted by Gasteiger charge is 2.39. The van der Waals surface area contributed by atoms with E-state index in [1.54, 1.807) is 13.0 Å². The summed E-state index contributed by atoms with van der Waals surface area (Å²) in [6, 6.07) is 11.8. The maximum absolute atomic E-state index is 13.6. The number of likely N-dealkylation sites (N-methyl/N-ethyl adjacent to an activating group) is 2. The number of amides is 2. The molecule has 2 aliphatic rings. The van der Waals surface area contributed by atoms with Crippen molar-refractivity contribution in [2.24, 2.45) is 26.4 Å². The third-order valence-corrected chi connectivity index (χ3v) is 7.12. The lowest BCUT2D eigenvalue weighted by Gasteiger charge is -2.34. The molecular weight excluding hydrogens is 597 g/mol. The molecule has 2 heterocycles. The quantitative estimate of drug-likeness (QED) is 0.366. The van der Waals surface area contributed by atoms with Crippen LogP contribution in [0.4, 0.5) is 24.5 Å². The van der Waals surface area contributed by atoms with Crippen LogP contribution < -0.4 is 16.4 Å². The Balaban J connectivity index is 0.00000259. The van der Waals surface area contributed by atoms with Crippen LogP contribution in [0.5, 0.6) is 0 Å². The fourth-order valence-corrected chi connectivity index (χ4v) is 4.82. The Morgan fingerprint density at radius 1 is 1.09 bits per heavy atom. The molecule has 1 fully saturated rings. The average Bonchev–Trinajstić information content (AvgIpc) is 3.00. The lowest BCUT2D eigenvalue weighted by Crippen LogP contribution is -2.44. The van der Waals surface area contributed by atoms with Crippen LogP contribution >= 0.6 is 11.6 Å². The number of amidine groups is 2. The van der Waals surface area contributed by atoms with Crippen molar-refractivity contribution in [2.45, 2.75) is 13.1 Å². The second-order valence-electron chi connectivity index (χ2n) is 9.61. The first-order valence-electron chi connectivity index (χ1n) is 13.6. The van der Waals surface area contributed by atoms with Crippen molar-refractivity contribution in [2.75, 3.05) is 51.7 Å². The molecule has 14 heteroatoms. The first-order chi connectivity index (χ1) is 20.9. The minimum Gasteiger partial charge on any atom is -0.383 e. The van der Waals surface area contributed by atoms with Gasteiger partial charge in [0, 0.05) is 71.9 Å². The summed E-state index contributed by atoms with van der Waals surface area (Å²) >= 11 is 6.45. The molecule has 0 aliphatic carbocycles. The SMILES string of the molecule is C=N/C=C1/C=C(c2ccc(C(N)=NC(=O)C(F)(F)F)cc2Cl)C(=O)N(CC)C1=Nc1ccc(N2CCN(C)CC2)cc1.CN. The van der Waals surface area contributed by atoms with E-state index in [1.165, 1.54) is 36.3 Å². The zero-order chi connectivity index (χ0) is 32.6. The van der Waals surface area contributed by atoms with Crippen molar-refractivity contribution in [3.8, 4) is 0 Å². The van der Waals surface area contributed by atoms with Gasteiger partial charge in [-0.25, -0.2) is 4.99 Å². The molecule has 4 rings (SSSR count). The fraction of sp³-hybridized carbons (Fsp3) is 0.300. The predicted octanol–water partition coefficient (Wildman–Crippen LogP) is 4.02. The largest absolute Gasteiger partial charge is 0.473 e. The van der Waals surface area contributed by atoms with Gasteiger partial charge in [0.05, 0.1) is 5.69 Å². The highest BCUT2D eigenvalue weighted by atomic mass is 35.5. The standard InChI is InChI=1S/C29H29ClF3N7O2.CH5N/c1-4-40-26(36-20-6-8-21(9-7-20)39-13-11-38(3)12-14-39)19(17-35-2)15-23(27(40)41)22-10-5-18(16-24(22)30)25(34)37-28(42)29(31,32)33;1-2/h5-10,15-17H,2,4,11-14H2,1,3H3,(H2,34,37,42);2H2,1H3/b19-17-,36-26?;. The first-order valence-corrected chi connectivity index (χ1v) is 14.0. The number of carbonyl (C=O) groups is 2. The Kier molecular flexibility index (Phi) is 11.6. The van der Waals surface area contributed by atoms with E-state index in [-0.39, 0.29) is 22.7 Å². The summed E-state index contributed by atoms with van der Waals surface area (Å²) < 4.78 is 37.7. The third kappa shape index (κ3) is 7.98. The maximum Gasteiger partial charge on any atom is 0.473 e. The van der Waals surface area contributed by atoms with Crippen molar-refractivity contribution in [3.63, 3.8) is 0 Å². The Bertz CT molecular complexity index is 1510. The number of halogens is 4. The molecule has 0 radical (unpaired) electrons. The van der Waals surface area contributed by atoms with Crippen molar-refractivity contribution in [1.82, 2.24) is 9.80 Å². The molecule has 4 N–H and O–H groups in total. The van der Waals surface area contributed by atoms with Gasteiger partial charge in [0.2, 0.25) is 0 Å². The molecule has 2 aromatic carbocycles. The topological polar surface area (TPSA) is 133 Å². The van der Waals surface area contributed by atoms with Crippen molar-refractivity contribution in [3.05, 3.63) is 76.5 Å². The molecule has 0 saturated carbocycles. The third-order valence-electron chi connectivity index (χ3n) is 6.81. The van der Waals surface area contributed by atoms with E-state index in [2.05, 4.69) is 39.3 Å². The van der Waals surface area contributed by atoms with E-state index in [0.717, 1.165) is 31.9 Å². The second kappa shape index (κ2) is 14.9. The molecule has 1 saturated heterocycles. The summed E-state index contributed by atoms with van der Waals surface area (Å²) in [5.74, 6) is -3.01. The molecule has 10 nitrogen and oxygen atoms in total. The molecule has 0 bridgehead atoms. The van der Waals surface area contributed by atoms with Gasteiger partial charge >= 0.3 is 12.1 Å². The van der Waals surface area contributed by atoms with Crippen LogP contribution in [0.3, 0.4) is 0 Å². The summed E-state index contributed by atoms with van der Waals surface area (Å²) in [4.78, 5) is 42.4. The molecular formula is C30H34ClF3N8O2. The molecule has 0 aromatic heterocycles. The number of hydrogen-bond donors (Lipinski definition) is 2. The van der Waals surface area contributed by atoms with Crippen LogP contribution in [-0.2, 0) is 9.59 Å². The number of alkyl halides is 3. The minimum atomic E-state index is -5.16. The van der Waals surface area contributed by atoms with E-state index in [0.29, 0.717) is 22.7 Å². The molecule has 234 valence electrons. The number of aliphatic imine (C=N–C) groups is 3. The normalized spacial score (nSPS) is 18.2. The highest BCUT2D eigenvalue weighted by Crippen LogP contribution is 2.33. The number of hydrogen-bond acceptors (Lipinski definition) is 7. The molecule has 0 unspecified atom stereocenters.